The second-order valence-electron chi connectivity index (χ2n) is 5.91. The van der Waals surface area contributed by atoms with Crippen LogP contribution < -0.4 is 14.8 Å². The highest BCUT2D eigenvalue weighted by atomic mass is 16.5. The number of nitrogens with zero attached hydrogens (tertiary/aromatic N) is 1. The highest BCUT2D eigenvalue weighted by Crippen LogP contribution is 2.30. The van der Waals surface area contributed by atoms with E-state index in [0.29, 0.717) is 41.1 Å². The maximum absolute atomic E-state index is 12.4. The lowest BCUT2D eigenvalue weighted by molar-refractivity contribution is -0.115. The van der Waals surface area contributed by atoms with Crippen molar-refractivity contribution in [2.45, 2.75) is 20.3 Å². The van der Waals surface area contributed by atoms with E-state index in [4.69, 9.17) is 13.9 Å². The van der Waals surface area contributed by atoms with Crippen molar-refractivity contribution in [3.8, 4) is 23.0 Å². The number of hydrogen-bond acceptors (Lipinski definition) is 5. The van der Waals surface area contributed by atoms with Crippen molar-refractivity contribution in [3.63, 3.8) is 0 Å². The average molecular weight is 366 g/mol. The van der Waals surface area contributed by atoms with Gasteiger partial charge in [0, 0.05) is 17.3 Å². The summed E-state index contributed by atoms with van der Waals surface area (Å²) in [5.41, 5.74) is 2.12. The van der Waals surface area contributed by atoms with E-state index in [1.165, 1.54) is 0 Å². The fourth-order valence-electron chi connectivity index (χ4n) is 2.67. The average Bonchev–Trinajstić information content (AvgIpc) is 3.04. The molecule has 0 saturated carbocycles. The number of aryl methyl sites for hydroxylation is 1. The highest BCUT2D eigenvalue weighted by molar-refractivity contribution is 5.92. The molecule has 3 rings (SSSR count). The molecule has 140 valence electrons. The standard InChI is InChI=1S/C21H22N2O4/c1-4-26-18-11-10-16(12-19(18)25-3)22-20(24)13-17-14(2)27-21(23-17)15-8-6-5-7-9-15/h5-12H,4,13H2,1-3H3,(H,22,24). The predicted molar refractivity (Wildman–Crippen MR) is 103 cm³/mol. The maximum Gasteiger partial charge on any atom is 0.230 e. The number of aromatic nitrogens is 1. The molecular weight excluding hydrogens is 344 g/mol. The number of oxazole rings is 1. The fraction of sp³-hybridized carbons (Fsp3) is 0.238. The first-order valence-electron chi connectivity index (χ1n) is 8.73. The number of hydrogen-bond donors (Lipinski definition) is 1. The molecule has 0 radical (unpaired) electrons. The Morgan fingerprint density at radius 1 is 1.15 bits per heavy atom. The van der Waals surface area contributed by atoms with Crippen molar-refractivity contribution in [1.29, 1.82) is 0 Å². The number of carbonyl (C=O) groups excluding carboxylic acids is 1. The third kappa shape index (κ3) is 4.47. The van der Waals surface area contributed by atoms with Crippen LogP contribution in [0, 0.1) is 6.92 Å². The molecule has 3 aromatic rings. The second kappa shape index (κ2) is 8.40. The Bertz CT molecular complexity index is 919. The van der Waals surface area contributed by atoms with Gasteiger partial charge in [-0.2, -0.15) is 0 Å². The Balaban J connectivity index is 1.70. The molecule has 0 aliphatic rings. The van der Waals surface area contributed by atoms with Gasteiger partial charge in [-0.05, 0) is 38.1 Å². The predicted octanol–water partition coefficient (Wildman–Crippen LogP) is 4.24. The number of methoxy groups -OCH3 is 1. The summed E-state index contributed by atoms with van der Waals surface area (Å²) in [7, 11) is 1.56. The number of ether oxygens (including phenoxy) is 2. The van der Waals surface area contributed by atoms with Crippen LogP contribution in [-0.2, 0) is 11.2 Å². The zero-order valence-corrected chi connectivity index (χ0v) is 15.6. The van der Waals surface area contributed by atoms with Crippen LogP contribution >= 0.6 is 0 Å². The Labute approximate surface area is 158 Å². The molecule has 2 aromatic carbocycles. The second-order valence-corrected chi connectivity index (χ2v) is 5.91. The lowest BCUT2D eigenvalue weighted by Gasteiger charge is -2.11. The van der Waals surface area contributed by atoms with Gasteiger partial charge in [-0.15, -0.1) is 0 Å². The van der Waals surface area contributed by atoms with E-state index in [9.17, 15) is 4.79 Å². The van der Waals surface area contributed by atoms with E-state index in [-0.39, 0.29) is 12.3 Å². The minimum atomic E-state index is -0.183. The van der Waals surface area contributed by atoms with E-state index in [2.05, 4.69) is 10.3 Å². The van der Waals surface area contributed by atoms with Crippen LogP contribution in [0.15, 0.2) is 52.9 Å². The molecule has 1 N–H and O–H groups in total. The van der Waals surface area contributed by atoms with E-state index in [0.717, 1.165) is 5.56 Å². The summed E-state index contributed by atoms with van der Waals surface area (Å²) in [6, 6.07) is 14.9. The molecular formula is C21H22N2O4. The number of amides is 1. The highest BCUT2D eigenvalue weighted by Gasteiger charge is 2.15. The van der Waals surface area contributed by atoms with Gasteiger partial charge in [-0.3, -0.25) is 4.79 Å². The largest absolute Gasteiger partial charge is 0.493 e. The first kappa shape index (κ1) is 18.5. The Kier molecular flexibility index (Phi) is 5.76. The molecule has 0 bridgehead atoms. The molecule has 0 fully saturated rings. The Hall–Kier alpha value is -3.28. The van der Waals surface area contributed by atoms with Crippen LogP contribution in [0.2, 0.25) is 0 Å². The van der Waals surface area contributed by atoms with Crippen molar-refractivity contribution >= 4 is 11.6 Å². The van der Waals surface area contributed by atoms with Gasteiger partial charge in [-0.25, -0.2) is 4.98 Å². The molecule has 0 saturated heterocycles. The molecule has 1 amide bonds. The minimum absolute atomic E-state index is 0.123. The summed E-state index contributed by atoms with van der Waals surface area (Å²) < 4.78 is 16.5. The van der Waals surface area contributed by atoms with E-state index in [1.807, 2.05) is 44.2 Å². The van der Waals surface area contributed by atoms with E-state index in [1.54, 1.807) is 25.3 Å². The van der Waals surface area contributed by atoms with Crippen LogP contribution in [0.5, 0.6) is 11.5 Å². The lowest BCUT2D eigenvalue weighted by Crippen LogP contribution is -2.15. The van der Waals surface area contributed by atoms with Crippen molar-refractivity contribution in [3.05, 3.63) is 60.0 Å². The van der Waals surface area contributed by atoms with Crippen LogP contribution in [0.25, 0.3) is 11.5 Å². The minimum Gasteiger partial charge on any atom is -0.493 e. The summed E-state index contributed by atoms with van der Waals surface area (Å²) in [5, 5.41) is 2.85. The summed E-state index contributed by atoms with van der Waals surface area (Å²) in [6.45, 7) is 4.25. The van der Waals surface area contributed by atoms with Crippen molar-refractivity contribution in [2.24, 2.45) is 0 Å². The first-order chi connectivity index (χ1) is 13.1. The number of rotatable bonds is 7. The molecule has 27 heavy (non-hydrogen) atoms. The zero-order chi connectivity index (χ0) is 19.2. The topological polar surface area (TPSA) is 73.6 Å². The van der Waals surface area contributed by atoms with Gasteiger partial charge >= 0.3 is 0 Å². The normalized spacial score (nSPS) is 10.5. The van der Waals surface area contributed by atoms with Crippen LogP contribution in [0.1, 0.15) is 18.4 Å². The molecule has 0 unspecified atom stereocenters. The van der Waals surface area contributed by atoms with Gasteiger partial charge in [-0.1, -0.05) is 18.2 Å². The lowest BCUT2D eigenvalue weighted by atomic mass is 10.2. The van der Waals surface area contributed by atoms with Crippen LogP contribution in [-0.4, -0.2) is 24.6 Å². The summed E-state index contributed by atoms with van der Waals surface area (Å²) >= 11 is 0. The van der Waals surface area contributed by atoms with Gasteiger partial charge in [0.15, 0.2) is 11.5 Å². The third-order valence-electron chi connectivity index (χ3n) is 3.99. The van der Waals surface area contributed by atoms with Crippen molar-refractivity contribution < 1.29 is 18.7 Å². The van der Waals surface area contributed by atoms with Gasteiger partial charge < -0.3 is 19.2 Å². The number of nitrogens with one attached hydrogen (secondary N) is 1. The Morgan fingerprint density at radius 2 is 1.93 bits per heavy atom. The molecule has 6 heteroatoms. The summed E-state index contributed by atoms with van der Waals surface area (Å²) in [6.07, 6.45) is 0.123. The van der Waals surface area contributed by atoms with Crippen LogP contribution in [0.4, 0.5) is 5.69 Å². The number of anilines is 1. The molecule has 0 aliphatic heterocycles. The quantitative estimate of drug-likeness (QED) is 0.677. The monoisotopic (exact) mass is 366 g/mol. The fourth-order valence-corrected chi connectivity index (χ4v) is 2.67. The van der Waals surface area contributed by atoms with Gasteiger partial charge in [0.25, 0.3) is 0 Å². The smallest absolute Gasteiger partial charge is 0.230 e. The van der Waals surface area contributed by atoms with E-state index >= 15 is 0 Å². The van der Waals surface area contributed by atoms with Gasteiger partial charge in [0.05, 0.1) is 25.8 Å². The molecule has 0 spiro atoms. The molecule has 1 aromatic heterocycles. The summed E-state index contributed by atoms with van der Waals surface area (Å²) in [5.74, 6) is 2.17. The van der Waals surface area contributed by atoms with Crippen LogP contribution in [0.3, 0.4) is 0 Å². The maximum atomic E-state index is 12.4. The molecule has 0 aliphatic carbocycles. The number of benzene rings is 2. The number of carbonyl (C=O) groups is 1. The van der Waals surface area contributed by atoms with Crippen molar-refractivity contribution in [2.75, 3.05) is 19.0 Å². The zero-order valence-electron chi connectivity index (χ0n) is 15.6. The molecule has 0 atom stereocenters. The van der Waals surface area contributed by atoms with Gasteiger partial charge in [0.1, 0.15) is 5.76 Å². The SMILES string of the molecule is CCOc1ccc(NC(=O)Cc2nc(-c3ccccc3)oc2C)cc1OC. The molecule has 1 heterocycles. The third-order valence-corrected chi connectivity index (χ3v) is 3.99. The molecule has 6 nitrogen and oxygen atoms in total. The van der Waals surface area contributed by atoms with Gasteiger partial charge in [0.2, 0.25) is 11.8 Å². The summed E-state index contributed by atoms with van der Waals surface area (Å²) in [4.78, 5) is 16.9. The Morgan fingerprint density at radius 3 is 2.63 bits per heavy atom. The first-order valence-corrected chi connectivity index (χ1v) is 8.73. The van der Waals surface area contributed by atoms with Crippen molar-refractivity contribution in [1.82, 2.24) is 4.98 Å². The van der Waals surface area contributed by atoms with E-state index < -0.39 is 0 Å².